The Morgan fingerprint density at radius 1 is 1.32 bits per heavy atom. The molecule has 0 unspecified atom stereocenters. The summed E-state index contributed by atoms with van der Waals surface area (Å²) in [6.07, 6.45) is 0.122. The number of imide groups is 1. The third kappa shape index (κ3) is 3.42. The number of tetrazole rings is 1. The van der Waals surface area contributed by atoms with Crippen molar-refractivity contribution in [1.82, 2.24) is 25.5 Å². The molecule has 3 amide bonds. The van der Waals surface area contributed by atoms with E-state index in [1.807, 2.05) is 5.32 Å². The maximum absolute atomic E-state index is 12.2. The maximum atomic E-state index is 12.2. The highest BCUT2D eigenvalue weighted by Crippen LogP contribution is 2.14. The van der Waals surface area contributed by atoms with E-state index in [1.54, 1.807) is 18.2 Å². The van der Waals surface area contributed by atoms with Gasteiger partial charge in [-0.1, -0.05) is 12.1 Å². The number of nitrogens with one attached hydrogen (secondary N) is 1. The van der Waals surface area contributed by atoms with Crippen LogP contribution in [-0.2, 0) is 9.53 Å². The standard InChI is InChI=1S/C12H12N6O4/c1-7(10(19)15-12(13)21)22-11(20)8-4-2-3-5-9(8)18-6-14-16-17-18/h2-7H,1H3,(H3,13,15,19,21)/t7-/m1/s1. The van der Waals surface area contributed by atoms with E-state index < -0.39 is 24.0 Å². The second kappa shape index (κ2) is 6.43. The van der Waals surface area contributed by atoms with Crippen LogP contribution >= 0.6 is 0 Å². The first kappa shape index (κ1) is 15.1. The van der Waals surface area contributed by atoms with Crippen molar-refractivity contribution in [3.05, 3.63) is 36.2 Å². The molecule has 0 spiro atoms. The lowest BCUT2D eigenvalue weighted by atomic mass is 10.2. The van der Waals surface area contributed by atoms with E-state index in [1.165, 1.54) is 24.0 Å². The zero-order valence-electron chi connectivity index (χ0n) is 11.5. The third-order valence-corrected chi connectivity index (χ3v) is 2.62. The van der Waals surface area contributed by atoms with E-state index >= 15 is 0 Å². The second-order valence-corrected chi connectivity index (χ2v) is 4.17. The molecule has 1 heterocycles. The summed E-state index contributed by atoms with van der Waals surface area (Å²) < 4.78 is 6.28. The summed E-state index contributed by atoms with van der Waals surface area (Å²) in [6, 6.07) is 5.40. The van der Waals surface area contributed by atoms with E-state index in [0.29, 0.717) is 5.69 Å². The number of nitrogens with zero attached hydrogens (tertiary/aromatic N) is 4. The highest BCUT2D eigenvalue weighted by molar-refractivity contribution is 5.99. The van der Waals surface area contributed by atoms with Gasteiger partial charge in [0.15, 0.2) is 6.10 Å². The van der Waals surface area contributed by atoms with Crippen molar-refractivity contribution in [2.45, 2.75) is 13.0 Å². The number of ether oxygens (including phenoxy) is 1. The first-order valence-electron chi connectivity index (χ1n) is 6.12. The van der Waals surface area contributed by atoms with Crippen LogP contribution in [0, 0.1) is 0 Å². The van der Waals surface area contributed by atoms with Crippen LogP contribution in [0.3, 0.4) is 0 Å². The highest BCUT2D eigenvalue weighted by atomic mass is 16.5. The number of benzene rings is 1. The average molecular weight is 304 g/mol. The summed E-state index contributed by atoms with van der Waals surface area (Å²) in [5.41, 5.74) is 5.37. The number of esters is 1. The molecule has 0 radical (unpaired) electrons. The van der Waals surface area contributed by atoms with Crippen molar-refractivity contribution >= 4 is 17.9 Å². The number of nitrogens with two attached hydrogens (primary N) is 1. The molecule has 114 valence electrons. The second-order valence-electron chi connectivity index (χ2n) is 4.17. The zero-order valence-corrected chi connectivity index (χ0v) is 11.5. The molecule has 2 rings (SSSR count). The molecule has 1 aromatic heterocycles. The number of amides is 3. The van der Waals surface area contributed by atoms with Crippen LogP contribution in [0.5, 0.6) is 0 Å². The molecule has 0 aliphatic carbocycles. The van der Waals surface area contributed by atoms with Crippen LogP contribution < -0.4 is 11.1 Å². The largest absolute Gasteiger partial charge is 0.449 e. The fourth-order valence-electron chi connectivity index (χ4n) is 1.62. The van der Waals surface area contributed by atoms with Crippen molar-refractivity contribution in [1.29, 1.82) is 0 Å². The Balaban J connectivity index is 2.17. The number of carbonyl (C=O) groups is 3. The molecule has 2 aromatic rings. The molecule has 0 saturated carbocycles. The van der Waals surface area contributed by atoms with Crippen LogP contribution in [0.4, 0.5) is 4.79 Å². The van der Waals surface area contributed by atoms with Crippen LogP contribution in [0.15, 0.2) is 30.6 Å². The minimum absolute atomic E-state index is 0.161. The molecule has 3 N–H and O–H groups in total. The van der Waals surface area contributed by atoms with Gasteiger partial charge in [-0.15, -0.1) is 5.10 Å². The summed E-state index contributed by atoms with van der Waals surface area (Å²) in [7, 11) is 0. The number of aromatic nitrogens is 4. The van der Waals surface area contributed by atoms with Gasteiger partial charge in [0.05, 0.1) is 11.3 Å². The van der Waals surface area contributed by atoms with E-state index in [9.17, 15) is 14.4 Å². The summed E-state index contributed by atoms with van der Waals surface area (Å²) >= 11 is 0. The summed E-state index contributed by atoms with van der Waals surface area (Å²) in [5.74, 6) is -1.58. The molecular formula is C12H12N6O4. The lowest BCUT2D eigenvalue weighted by molar-refractivity contribution is -0.127. The molecule has 10 nitrogen and oxygen atoms in total. The molecule has 0 saturated heterocycles. The fourth-order valence-corrected chi connectivity index (χ4v) is 1.62. The lowest BCUT2D eigenvalue weighted by Crippen LogP contribution is -2.42. The minimum Gasteiger partial charge on any atom is -0.449 e. The van der Waals surface area contributed by atoms with Crippen LogP contribution in [0.2, 0.25) is 0 Å². The van der Waals surface area contributed by atoms with Crippen molar-refractivity contribution in [3.8, 4) is 5.69 Å². The Labute approximate surface area is 124 Å². The topological polar surface area (TPSA) is 142 Å². The van der Waals surface area contributed by atoms with Crippen molar-refractivity contribution in [2.24, 2.45) is 5.73 Å². The predicted octanol–water partition coefficient (Wildman–Crippen LogP) is -0.597. The molecule has 0 aliphatic heterocycles. The monoisotopic (exact) mass is 304 g/mol. The summed E-state index contributed by atoms with van der Waals surface area (Å²) in [4.78, 5) is 34.3. The Bertz CT molecular complexity index is 699. The van der Waals surface area contributed by atoms with Gasteiger partial charge in [0.1, 0.15) is 6.33 Å². The van der Waals surface area contributed by atoms with E-state index in [-0.39, 0.29) is 5.56 Å². The van der Waals surface area contributed by atoms with Gasteiger partial charge in [-0.3, -0.25) is 10.1 Å². The summed E-state index contributed by atoms with van der Waals surface area (Å²) in [6.45, 7) is 1.32. The number of hydrogen-bond acceptors (Lipinski definition) is 7. The molecule has 0 fully saturated rings. The summed E-state index contributed by atoms with van der Waals surface area (Å²) in [5, 5.41) is 12.5. The smallest absolute Gasteiger partial charge is 0.341 e. The van der Waals surface area contributed by atoms with Gasteiger partial charge in [-0.2, -0.15) is 4.68 Å². The molecule has 1 atom stereocenters. The van der Waals surface area contributed by atoms with Gasteiger partial charge in [0.2, 0.25) is 0 Å². The van der Waals surface area contributed by atoms with Gasteiger partial charge in [0.25, 0.3) is 5.91 Å². The normalized spacial score (nSPS) is 11.5. The first-order chi connectivity index (χ1) is 10.5. The van der Waals surface area contributed by atoms with Gasteiger partial charge < -0.3 is 10.5 Å². The Morgan fingerprint density at radius 3 is 2.68 bits per heavy atom. The van der Waals surface area contributed by atoms with Gasteiger partial charge in [-0.05, 0) is 29.5 Å². The minimum atomic E-state index is -1.19. The van der Waals surface area contributed by atoms with E-state index in [0.717, 1.165) is 0 Å². The number of primary amides is 1. The first-order valence-corrected chi connectivity index (χ1v) is 6.12. The Morgan fingerprint density at radius 2 is 2.05 bits per heavy atom. The van der Waals surface area contributed by atoms with Gasteiger partial charge in [0, 0.05) is 0 Å². The molecular weight excluding hydrogens is 292 g/mol. The van der Waals surface area contributed by atoms with E-state index in [2.05, 4.69) is 15.5 Å². The average Bonchev–Trinajstić information content (AvgIpc) is 3.00. The van der Waals surface area contributed by atoms with Gasteiger partial charge in [-0.25, -0.2) is 9.59 Å². The Kier molecular flexibility index (Phi) is 4.41. The van der Waals surface area contributed by atoms with Crippen molar-refractivity contribution < 1.29 is 19.1 Å². The predicted molar refractivity (Wildman–Crippen MR) is 71.8 cm³/mol. The molecule has 10 heteroatoms. The van der Waals surface area contributed by atoms with Crippen LogP contribution in [-0.4, -0.2) is 44.2 Å². The fraction of sp³-hybridized carbons (Fsp3) is 0.167. The van der Waals surface area contributed by atoms with Crippen LogP contribution in [0.1, 0.15) is 17.3 Å². The van der Waals surface area contributed by atoms with Crippen LogP contribution in [0.25, 0.3) is 5.69 Å². The van der Waals surface area contributed by atoms with Crippen molar-refractivity contribution in [2.75, 3.05) is 0 Å². The maximum Gasteiger partial charge on any atom is 0.341 e. The van der Waals surface area contributed by atoms with Crippen molar-refractivity contribution in [3.63, 3.8) is 0 Å². The van der Waals surface area contributed by atoms with E-state index in [4.69, 9.17) is 10.5 Å². The van der Waals surface area contributed by atoms with Gasteiger partial charge >= 0.3 is 12.0 Å². The molecule has 0 aliphatic rings. The Hall–Kier alpha value is -3.30. The molecule has 22 heavy (non-hydrogen) atoms. The molecule has 0 bridgehead atoms. The SMILES string of the molecule is C[C@@H](OC(=O)c1ccccc1-n1cnnn1)C(=O)NC(N)=O. The lowest BCUT2D eigenvalue weighted by Gasteiger charge is -2.13. The third-order valence-electron chi connectivity index (χ3n) is 2.62. The number of hydrogen-bond donors (Lipinski definition) is 2. The molecule has 1 aromatic carbocycles. The zero-order chi connectivity index (χ0) is 16.1. The number of para-hydroxylation sites is 1. The highest BCUT2D eigenvalue weighted by Gasteiger charge is 2.22. The number of carbonyl (C=O) groups excluding carboxylic acids is 3. The number of rotatable bonds is 4. The number of urea groups is 1. The quantitative estimate of drug-likeness (QED) is 0.718.